The molecule has 7 N–H and O–H groups in total. The van der Waals surface area contributed by atoms with E-state index in [0.29, 0.717) is 6.42 Å². The molecule has 2 aromatic rings. The minimum Gasteiger partial charge on any atom is -0.504 e. The van der Waals surface area contributed by atoms with E-state index in [1.54, 1.807) is 20.8 Å². The van der Waals surface area contributed by atoms with Gasteiger partial charge in [0.05, 0.1) is 5.39 Å². The molecular formula is C17H24O7. The molecule has 0 aliphatic carbocycles. The van der Waals surface area contributed by atoms with Crippen LogP contribution >= 0.6 is 0 Å². The highest BCUT2D eigenvalue weighted by atomic mass is 16.3. The van der Waals surface area contributed by atoms with Crippen LogP contribution in [0.1, 0.15) is 46.6 Å². The Kier molecular flexibility index (Phi) is 5.18. The summed E-state index contributed by atoms with van der Waals surface area (Å²) in [7, 11) is 0. The summed E-state index contributed by atoms with van der Waals surface area (Å²) < 4.78 is 0. The predicted octanol–water partition coefficient (Wildman–Crippen LogP) is 3.49. The lowest BCUT2D eigenvalue weighted by molar-refractivity contribution is 0.342. The van der Waals surface area contributed by atoms with Crippen molar-refractivity contribution >= 4 is 10.8 Å². The first-order valence-corrected chi connectivity index (χ1v) is 7.63. The van der Waals surface area contributed by atoms with Gasteiger partial charge in [0.1, 0.15) is 0 Å². The average molecular weight is 340 g/mol. The maximum Gasteiger partial charge on any atom is 0.205 e. The number of phenolic OH excluding ortho intramolecular Hbond substituents is 7. The molecule has 24 heavy (non-hydrogen) atoms. The van der Waals surface area contributed by atoms with E-state index in [1.165, 1.54) is 0 Å². The van der Waals surface area contributed by atoms with Gasteiger partial charge in [-0.25, -0.2) is 0 Å². The van der Waals surface area contributed by atoms with Gasteiger partial charge in [-0.05, 0) is 11.8 Å². The van der Waals surface area contributed by atoms with E-state index in [0.717, 1.165) is 0 Å². The predicted molar refractivity (Wildman–Crippen MR) is 90.3 cm³/mol. The van der Waals surface area contributed by atoms with Crippen molar-refractivity contribution in [1.82, 2.24) is 0 Å². The molecule has 0 amide bonds. The van der Waals surface area contributed by atoms with Gasteiger partial charge in [-0.2, -0.15) is 0 Å². The topological polar surface area (TPSA) is 142 Å². The molecule has 7 nitrogen and oxygen atoms in total. The zero-order valence-corrected chi connectivity index (χ0v) is 14.3. The molecule has 0 saturated carbocycles. The van der Waals surface area contributed by atoms with Crippen molar-refractivity contribution in [2.24, 2.45) is 0 Å². The van der Waals surface area contributed by atoms with E-state index >= 15 is 0 Å². The lowest BCUT2D eigenvalue weighted by atomic mass is 9.78. The fourth-order valence-electron chi connectivity index (χ4n) is 2.47. The molecule has 0 bridgehead atoms. The fraction of sp³-hybridized carbons (Fsp3) is 0.412. The van der Waals surface area contributed by atoms with Gasteiger partial charge in [-0.1, -0.05) is 34.6 Å². The molecule has 0 fully saturated rings. The molecule has 0 heterocycles. The molecule has 0 unspecified atom stereocenters. The van der Waals surface area contributed by atoms with Crippen LogP contribution in [0.4, 0.5) is 0 Å². The molecule has 134 valence electrons. The smallest absolute Gasteiger partial charge is 0.205 e. The zero-order chi connectivity index (χ0) is 19.0. The average Bonchev–Trinajstić information content (AvgIpc) is 2.57. The Hall–Kier alpha value is -2.70. The van der Waals surface area contributed by atoms with Gasteiger partial charge in [0, 0.05) is 10.9 Å². The third-order valence-corrected chi connectivity index (χ3v) is 4.13. The minimum absolute atomic E-state index is 0.0309. The first-order valence-electron chi connectivity index (χ1n) is 7.63. The van der Waals surface area contributed by atoms with E-state index in [1.807, 2.05) is 13.8 Å². The molecule has 0 atom stereocenters. The summed E-state index contributed by atoms with van der Waals surface area (Å²) in [6, 6.07) is 0. The van der Waals surface area contributed by atoms with Gasteiger partial charge in [0.25, 0.3) is 0 Å². The molecule has 0 spiro atoms. The van der Waals surface area contributed by atoms with E-state index in [-0.39, 0.29) is 10.9 Å². The van der Waals surface area contributed by atoms with Gasteiger partial charge in [-0.15, -0.1) is 0 Å². The molecule has 2 rings (SSSR count). The summed E-state index contributed by atoms with van der Waals surface area (Å²) in [5, 5.41) is 68.7. The van der Waals surface area contributed by atoms with Gasteiger partial charge >= 0.3 is 0 Å². The number of benzene rings is 2. The second-order valence-corrected chi connectivity index (χ2v) is 5.80. The van der Waals surface area contributed by atoms with Crippen molar-refractivity contribution in [3.63, 3.8) is 0 Å². The van der Waals surface area contributed by atoms with Crippen LogP contribution in [0, 0.1) is 0 Å². The molecule has 2 aromatic carbocycles. The third-order valence-electron chi connectivity index (χ3n) is 4.13. The van der Waals surface area contributed by atoms with Crippen molar-refractivity contribution in [2.75, 3.05) is 0 Å². The number of phenols is 7. The van der Waals surface area contributed by atoms with Crippen molar-refractivity contribution < 1.29 is 35.7 Å². The number of hydrogen-bond acceptors (Lipinski definition) is 7. The molecule has 0 aliphatic heterocycles. The second kappa shape index (κ2) is 6.43. The largest absolute Gasteiger partial charge is 0.504 e. The Labute approximate surface area is 139 Å². The van der Waals surface area contributed by atoms with Crippen LogP contribution in [0.3, 0.4) is 0 Å². The summed E-state index contributed by atoms with van der Waals surface area (Å²) in [5.41, 5.74) is -0.746. The third kappa shape index (κ3) is 2.55. The Morgan fingerprint density at radius 2 is 0.917 bits per heavy atom. The molecule has 0 saturated heterocycles. The fourth-order valence-corrected chi connectivity index (χ4v) is 2.47. The van der Waals surface area contributed by atoms with Crippen LogP contribution in [-0.2, 0) is 5.41 Å². The first-order chi connectivity index (χ1) is 11.1. The van der Waals surface area contributed by atoms with Gasteiger partial charge in [-0.3, -0.25) is 0 Å². The van der Waals surface area contributed by atoms with E-state index < -0.39 is 51.0 Å². The summed E-state index contributed by atoms with van der Waals surface area (Å²) in [5.74, 6) is -6.21. The number of hydrogen-bond donors (Lipinski definition) is 7. The summed E-state index contributed by atoms with van der Waals surface area (Å²) in [4.78, 5) is 0. The van der Waals surface area contributed by atoms with Crippen LogP contribution in [0.2, 0.25) is 0 Å². The van der Waals surface area contributed by atoms with E-state index in [4.69, 9.17) is 0 Å². The van der Waals surface area contributed by atoms with Gasteiger partial charge in [0.2, 0.25) is 17.2 Å². The Morgan fingerprint density at radius 3 is 1.29 bits per heavy atom. The Bertz CT molecular complexity index is 771. The second-order valence-electron chi connectivity index (χ2n) is 5.80. The Balaban J connectivity index is 0.00000139. The summed E-state index contributed by atoms with van der Waals surface area (Å²) >= 11 is 0. The first kappa shape index (κ1) is 19.3. The Morgan fingerprint density at radius 1 is 0.583 bits per heavy atom. The lowest BCUT2D eigenvalue weighted by Crippen LogP contribution is -2.16. The van der Waals surface area contributed by atoms with E-state index in [2.05, 4.69) is 0 Å². The standard InChI is InChI=1S/C15H18O7.C2H6/c1-4-15(2,3)7-5-6(9(17)12(20)11(7)19)10(18)14(22)13(21)8(5)16;1-2/h16-22H,4H2,1-3H3;1-2H3. The van der Waals surface area contributed by atoms with Gasteiger partial charge in [0.15, 0.2) is 23.0 Å². The van der Waals surface area contributed by atoms with Gasteiger partial charge < -0.3 is 35.7 Å². The zero-order valence-electron chi connectivity index (χ0n) is 14.3. The number of aromatic hydroxyl groups is 7. The maximum atomic E-state index is 10.2. The van der Waals surface area contributed by atoms with Crippen LogP contribution in [0.5, 0.6) is 40.2 Å². The monoisotopic (exact) mass is 340 g/mol. The molecule has 0 aliphatic rings. The highest BCUT2D eigenvalue weighted by Crippen LogP contribution is 2.59. The van der Waals surface area contributed by atoms with Crippen LogP contribution in [0.25, 0.3) is 10.8 Å². The van der Waals surface area contributed by atoms with Crippen LogP contribution in [0.15, 0.2) is 0 Å². The number of rotatable bonds is 2. The molecule has 0 aromatic heterocycles. The van der Waals surface area contributed by atoms with Crippen molar-refractivity contribution in [3.8, 4) is 40.2 Å². The number of fused-ring (bicyclic) bond motifs is 1. The quantitative estimate of drug-likeness (QED) is 0.328. The van der Waals surface area contributed by atoms with Crippen molar-refractivity contribution in [2.45, 2.75) is 46.5 Å². The lowest BCUT2D eigenvalue weighted by Gasteiger charge is -2.27. The van der Waals surface area contributed by atoms with Crippen LogP contribution < -0.4 is 0 Å². The van der Waals surface area contributed by atoms with Crippen molar-refractivity contribution in [3.05, 3.63) is 5.56 Å². The molecule has 0 radical (unpaired) electrons. The molecular weight excluding hydrogens is 316 g/mol. The van der Waals surface area contributed by atoms with Crippen LogP contribution in [-0.4, -0.2) is 35.7 Å². The summed E-state index contributed by atoms with van der Waals surface area (Å²) in [6.45, 7) is 9.21. The van der Waals surface area contributed by atoms with Crippen molar-refractivity contribution in [1.29, 1.82) is 0 Å². The molecule has 7 heteroatoms. The van der Waals surface area contributed by atoms with E-state index in [9.17, 15) is 35.7 Å². The summed E-state index contributed by atoms with van der Waals surface area (Å²) in [6.07, 6.45) is 0.474. The SMILES string of the molecule is CC.CCC(C)(C)c1c(O)c(O)c(O)c2c(O)c(O)c(O)c(O)c12. The maximum absolute atomic E-state index is 10.2. The minimum atomic E-state index is -1.04. The highest BCUT2D eigenvalue weighted by molar-refractivity contribution is 6.07. The highest BCUT2D eigenvalue weighted by Gasteiger charge is 2.34. The normalized spacial score (nSPS) is 11.2.